The van der Waals surface area contributed by atoms with Gasteiger partial charge in [-0.15, -0.1) is 0 Å². The molecule has 0 bridgehead atoms. The van der Waals surface area contributed by atoms with E-state index in [1.54, 1.807) is 0 Å². The van der Waals surface area contributed by atoms with E-state index in [-0.39, 0.29) is 0 Å². The number of benzene rings is 2. The second kappa shape index (κ2) is 7.87. The summed E-state index contributed by atoms with van der Waals surface area (Å²) >= 11 is 12.5. The van der Waals surface area contributed by atoms with Crippen molar-refractivity contribution in [2.24, 2.45) is 0 Å². The van der Waals surface area contributed by atoms with E-state index < -0.39 is 0 Å². The van der Waals surface area contributed by atoms with E-state index in [0.29, 0.717) is 0 Å². The second-order valence-corrected chi connectivity index (χ2v) is 6.82. The third kappa shape index (κ3) is 4.74. The van der Waals surface area contributed by atoms with Crippen LogP contribution in [-0.2, 0) is 0 Å². The molecule has 1 N–H and O–H groups in total. The summed E-state index contributed by atoms with van der Waals surface area (Å²) < 4.78 is 0. The van der Waals surface area contributed by atoms with Crippen molar-refractivity contribution in [3.05, 3.63) is 70.2 Å². The molecule has 1 heterocycles. The number of anilines is 1. The van der Waals surface area contributed by atoms with E-state index in [1.807, 2.05) is 36.4 Å². The average molecular weight is 348 g/mol. The standard InChI is InChI=1S/C19H20Cl2N2/c20-17-7-4-8-19(14-17)23-11-9-22(10-12-23)15-18(21)13-16-5-2-1-3-6-16/h1-8,13-14H,9-12,15H2/p+1/b18-13+. The quantitative estimate of drug-likeness (QED) is 0.891. The first-order chi connectivity index (χ1) is 11.2. The zero-order valence-electron chi connectivity index (χ0n) is 13.0. The molecule has 2 nitrogen and oxygen atoms in total. The van der Waals surface area contributed by atoms with E-state index in [1.165, 1.54) is 10.6 Å². The van der Waals surface area contributed by atoms with Gasteiger partial charge < -0.3 is 9.80 Å². The highest BCUT2D eigenvalue weighted by atomic mass is 35.5. The van der Waals surface area contributed by atoms with E-state index in [0.717, 1.165) is 48.3 Å². The van der Waals surface area contributed by atoms with Crippen LogP contribution in [0.15, 0.2) is 59.6 Å². The topological polar surface area (TPSA) is 7.68 Å². The Hall–Kier alpha value is -1.48. The minimum Gasteiger partial charge on any atom is -0.360 e. The zero-order valence-corrected chi connectivity index (χ0v) is 14.5. The van der Waals surface area contributed by atoms with Crippen LogP contribution in [0.3, 0.4) is 0 Å². The average Bonchev–Trinajstić information content (AvgIpc) is 2.56. The monoisotopic (exact) mass is 347 g/mol. The molecule has 2 aromatic rings. The Labute approximate surface area is 147 Å². The van der Waals surface area contributed by atoms with Gasteiger partial charge in [0.15, 0.2) is 0 Å². The fourth-order valence-electron chi connectivity index (χ4n) is 2.95. The maximum atomic E-state index is 6.43. The number of hydrogen-bond acceptors (Lipinski definition) is 1. The molecule has 0 amide bonds. The molecule has 1 aliphatic rings. The molecule has 1 saturated heterocycles. The van der Waals surface area contributed by atoms with Crippen LogP contribution in [0.1, 0.15) is 5.56 Å². The Balaban J connectivity index is 1.54. The summed E-state index contributed by atoms with van der Waals surface area (Å²) in [6, 6.07) is 18.3. The third-order valence-corrected chi connectivity index (χ3v) is 4.66. The van der Waals surface area contributed by atoms with Gasteiger partial charge in [0.2, 0.25) is 0 Å². The number of quaternary nitrogens is 1. The van der Waals surface area contributed by atoms with Gasteiger partial charge in [0.05, 0.1) is 31.2 Å². The van der Waals surface area contributed by atoms with E-state index in [2.05, 4.69) is 29.2 Å². The van der Waals surface area contributed by atoms with Gasteiger partial charge in [-0.3, -0.25) is 0 Å². The van der Waals surface area contributed by atoms with Gasteiger partial charge in [0, 0.05) is 10.7 Å². The highest BCUT2D eigenvalue weighted by molar-refractivity contribution is 6.31. The number of piperazine rings is 1. The predicted molar refractivity (Wildman–Crippen MR) is 99.5 cm³/mol. The molecule has 0 aromatic heterocycles. The van der Waals surface area contributed by atoms with Crippen molar-refractivity contribution in [2.45, 2.75) is 0 Å². The Bertz CT molecular complexity index is 662. The molecule has 1 aliphatic heterocycles. The van der Waals surface area contributed by atoms with Gasteiger partial charge in [0.25, 0.3) is 0 Å². The van der Waals surface area contributed by atoms with Gasteiger partial charge in [-0.2, -0.15) is 0 Å². The Morgan fingerprint density at radius 1 is 1.04 bits per heavy atom. The van der Waals surface area contributed by atoms with Gasteiger partial charge in [-0.1, -0.05) is 59.6 Å². The summed E-state index contributed by atoms with van der Waals surface area (Å²) in [5.41, 5.74) is 2.37. The van der Waals surface area contributed by atoms with Crippen molar-refractivity contribution in [3.8, 4) is 0 Å². The van der Waals surface area contributed by atoms with Crippen LogP contribution >= 0.6 is 23.2 Å². The number of hydrogen-bond donors (Lipinski definition) is 1. The Kier molecular flexibility index (Phi) is 5.60. The second-order valence-electron chi connectivity index (χ2n) is 5.90. The normalized spacial score (nSPS) is 16.6. The van der Waals surface area contributed by atoms with Crippen LogP contribution in [0.4, 0.5) is 5.69 Å². The molecule has 0 atom stereocenters. The van der Waals surface area contributed by atoms with Crippen molar-refractivity contribution in [1.29, 1.82) is 0 Å². The lowest BCUT2D eigenvalue weighted by Gasteiger charge is -2.33. The van der Waals surface area contributed by atoms with Gasteiger partial charge >= 0.3 is 0 Å². The maximum Gasteiger partial charge on any atom is 0.114 e. The zero-order chi connectivity index (χ0) is 16.1. The number of rotatable bonds is 4. The molecule has 3 rings (SSSR count). The van der Waals surface area contributed by atoms with Crippen LogP contribution < -0.4 is 9.80 Å². The van der Waals surface area contributed by atoms with E-state index >= 15 is 0 Å². The molecule has 2 aromatic carbocycles. The van der Waals surface area contributed by atoms with Gasteiger partial charge in [-0.25, -0.2) is 0 Å². The lowest BCUT2D eigenvalue weighted by molar-refractivity contribution is -0.895. The number of halogens is 2. The van der Waals surface area contributed by atoms with Crippen LogP contribution in [0, 0.1) is 0 Å². The first-order valence-corrected chi connectivity index (χ1v) is 8.71. The Morgan fingerprint density at radius 2 is 1.78 bits per heavy atom. The summed E-state index contributed by atoms with van der Waals surface area (Å²) in [6.07, 6.45) is 2.07. The molecule has 4 heteroatoms. The number of nitrogens with zero attached hydrogens (tertiary/aromatic N) is 1. The fraction of sp³-hybridized carbons (Fsp3) is 0.263. The highest BCUT2D eigenvalue weighted by Gasteiger charge is 2.20. The first kappa shape index (κ1) is 16.4. The summed E-state index contributed by atoms with van der Waals surface area (Å²) in [5, 5.41) is 1.72. The molecular formula is C19H21Cl2N2+. The molecule has 23 heavy (non-hydrogen) atoms. The summed E-state index contributed by atoms with van der Waals surface area (Å²) in [5.74, 6) is 0. The highest BCUT2D eigenvalue weighted by Crippen LogP contribution is 2.19. The lowest BCUT2D eigenvalue weighted by atomic mass is 10.2. The molecule has 0 aliphatic carbocycles. The molecule has 0 radical (unpaired) electrons. The smallest absolute Gasteiger partial charge is 0.114 e. The predicted octanol–water partition coefficient (Wildman–Crippen LogP) is 3.32. The van der Waals surface area contributed by atoms with Gasteiger partial charge in [-0.05, 0) is 29.8 Å². The lowest BCUT2D eigenvalue weighted by Crippen LogP contribution is -3.15. The Morgan fingerprint density at radius 3 is 2.48 bits per heavy atom. The number of nitrogens with one attached hydrogen (secondary N) is 1. The van der Waals surface area contributed by atoms with Crippen molar-refractivity contribution < 1.29 is 4.90 Å². The third-order valence-electron chi connectivity index (χ3n) is 4.19. The van der Waals surface area contributed by atoms with Crippen LogP contribution in [0.25, 0.3) is 6.08 Å². The van der Waals surface area contributed by atoms with Gasteiger partial charge in [0.1, 0.15) is 6.54 Å². The molecule has 120 valence electrons. The van der Waals surface area contributed by atoms with E-state index in [9.17, 15) is 0 Å². The fourth-order valence-corrected chi connectivity index (χ4v) is 3.45. The van der Waals surface area contributed by atoms with Crippen LogP contribution in [0.5, 0.6) is 0 Å². The summed E-state index contributed by atoms with van der Waals surface area (Å²) in [4.78, 5) is 3.92. The molecule has 0 spiro atoms. The minimum atomic E-state index is 0.797. The molecular weight excluding hydrogens is 327 g/mol. The first-order valence-electron chi connectivity index (χ1n) is 7.96. The van der Waals surface area contributed by atoms with Crippen molar-refractivity contribution >= 4 is 35.0 Å². The summed E-state index contributed by atoms with van der Waals surface area (Å²) in [7, 11) is 0. The van der Waals surface area contributed by atoms with Crippen molar-refractivity contribution in [1.82, 2.24) is 0 Å². The molecule has 0 saturated carbocycles. The summed E-state index contributed by atoms with van der Waals surface area (Å²) in [6.45, 7) is 5.13. The maximum absolute atomic E-state index is 6.43. The molecule has 1 fully saturated rings. The SMILES string of the molecule is Cl/C(=C/c1ccccc1)C[NH+]1CCN(c2cccc(Cl)c2)CC1. The largest absolute Gasteiger partial charge is 0.360 e. The van der Waals surface area contributed by atoms with Crippen LogP contribution in [-0.4, -0.2) is 32.7 Å². The minimum absolute atomic E-state index is 0.797. The van der Waals surface area contributed by atoms with E-state index in [4.69, 9.17) is 23.2 Å². The molecule has 0 unspecified atom stereocenters. The van der Waals surface area contributed by atoms with Crippen LogP contribution in [0.2, 0.25) is 5.02 Å². The van der Waals surface area contributed by atoms with Crippen molar-refractivity contribution in [2.75, 3.05) is 37.6 Å². The van der Waals surface area contributed by atoms with Crippen molar-refractivity contribution in [3.63, 3.8) is 0 Å².